The molecule has 2 aliphatic heterocycles. The monoisotopic (exact) mass is 500 g/mol. The third-order valence-corrected chi connectivity index (χ3v) is 7.49. The Kier molecular flexibility index (Phi) is 5.62. The molecule has 10 heteroatoms. The van der Waals surface area contributed by atoms with Gasteiger partial charge in [0.1, 0.15) is 5.60 Å². The molecular formula is C27H32N8O2. The van der Waals surface area contributed by atoms with Crippen molar-refractivity contribution in [3.05, 3.63) is 48.9 Å². The third-order valence-electron chi connectivity index (χ3n) is 7.49. The van der Waals surface area contributed by atoms with Gasteiger partial charge in [0.15, 0.2) is 5.82 Å². The highest BCUT2D eigenvalue weighted by molar-refractivity contribution is 5.97. The van der Waals surface area contributed by atoms with Crippen LogP contribution < -0.4 is 4.90 Å². The van der Waals surface area contributed by atoms with Crippen LogP contribution in [0.25, 0.3) is 27.8 Å². The van der Waals surface area contributed by atoms with Crippen molar-refractivity contribution in [3.8, 4) is 16.9 Å². The lowest BCUT2D eigenvalue weighted by atomic mass is 9.96. The van der Waals surface area contributed by atoms with Crippen molar-refractivity contribution < 1.29 is 9.53 Å². The molecule has 0 aliphatic carbocycles. The van der Waals surface area contributed by atoms with E-state index in [1.165, 1.54) is 0 Å². The number of benzene rings is 1. The Balaban J connectivity index is 1.19. The molecule has 1 amide bonds. The van der Waals surface area contributed by atoms with Crippen LogP contribution in [0.15, 0.2) is 48.9 Å². The Labute approximate surface area is 215 Å². The molecule has 1 aromatic carbocycles. The molecule has 2 fully saturated rings. The van der Waals surface area contributed by atoms with Crippen LogP contribution in [0, 0.1) is 0 Å². The van der Waals surface area contributed by atoms with Crippen LogP contribution >= 0.6 is 0 Å². The number of carbonyl (C=O) groups excluding carboxylic acids is 1. The number of nitrogens with one attached hydrogen (secondary N) is 1. The first kappa shape index (κ1) is 23.4. The van der Waals surface area contributed by atoms with Crippen molar-refractivity contribution in [1.82, 2.24) is 35.1 Å². The summed E-state index contributed by atoms with van der Waals surface area (Å²) in [5.41, 5.74) is 3.08. The molecule has 192 valence electrons. The van der Waals surface area contributed by atoms with Crippen LogP contribution in [0.3, 0.4) is 0 Å². The molecule has 1 unspecified atom stereocenters. The first-order valence-corrected chi connectivity index (χ1v) is 12.8. The Hall–Kier alpha value is -3.95. The maximum atomic E-state index is 12.8. The summed E-state index contributed by atoms with van der Waals surface area (Å²) < 4.78 is 7.51. The molecule has 1 N–H and O–H groups in total. The number of aromatic amines is 1. The lowest BCUT2D eigenvalue weighted by Gasteiger charge is -2.42. The van der Waals surface area contributed by atoms with Crippen LogP contribution in [-0.4, -0.2) is 71.9 Å². The van der Waals surface area contributed by atoms with E-state index in [9.17, 15) is 4.79 Å². The van der Waals surface area contributed by atoms with Crippen LogP contribution in [-0.2, 0) is 4.74 Å². The molecule has 2 aliphatic rings. The van der Waals surface area contributed by atoms with E-state index in [4.69, 9.17) is 4.74 Å². The van der Waals surface area contributed by atoms with Gasteiger partial charge in [-0.1, -0.05) is 0 Å². The number of rotatable bonds is 4. The first-order valence-electron chi connectivity index (χ1n) is 12.8. The van der Waals surface area contributed by atoms with Gasteiger partial charge >= 0.3 is 6.09 Å². The number of hydrogen-bond acceptors (Lipinski definition) is 7. The van der Waals surface area contributed by atoms with Crippen molar-refractivity contribution in [2.24, 2.45) is 0 Å². The van der Waals surface area contributed by atoms with E-state index >= 15 is 0 Å². The molecule has 0 radical (unpaired) electrons. The third kappa shape index (κ3) is 4.30. The van der Waals surface area contributed by atoms with Crippen molar-refractivity contribution in [3.63, 3.8) is 0 Å². The average molecular weight is 501 g/mol. The van der Waals surface area contributed by atoms with Gasteiger partial charge in [0.25, 0.3) is 0 Å². The lowest BCUT2D eigenvalue weighted by molar-refractivity contribution is 0.00597. The topological polar surface area (TPSA) is 105 Å². The molecule has 3 aromatic heterocycles. The summed E-state index contributed by atoms with van der Waals surface area (Å²) in [7, 11) is 2.07. The summed E-state index contributed by atoms with van der Waals surface area (Å²) in [5.74, 6) is 0.827. The quantitative estimate of drug-likeness (QED) is 0.437. The van der Waals surface area contributed by atoms with Gasteiger partial charge < -0.3 is 14.5 Å². The molecule has 10 nitrogen and oxygen atoms in total. The lowest BCUT2D eigenvalue weighted by Crippen LogP contribution is -2.53. The Bertz CT molecular complexity index is 1390. The fourth-order valence-corrected chi connectivity index (χ4v) is 5.77. The number of H-pyrrole nitrogens is 1. The van der Waals surface area contributed by atoms with E-state index in [1.807, 2.05) is 73.1 Å². The van der Waals surface area contributed by atoms with Crippen LogP contribution in [0.5, 0.6) is 0 Å². The number of nitrogens with zero attached hydrogens (tertiary/aromatic N) is 7. The molecule has 2 saturated heterocycles. The number of ether oxygens (including phenoxy) is 1. The van der Waals surface area contributed by atoms with Gasteiger partial charge in [0.2, 0.25) is 0 Å². The van der Waals surface area contributed by atoms with E-state index in [1.54, 1.807) is 6.20 Å². The van der Waals surface area contributed by atoms with E-state index in [2.05, 4.69) is 37.4 Å². The van der Waals surface area contributed by atoms with Gasteiger partial charge in [-0.25, -0.2) is 9.48 Å². The van der Waals surface area contributed by atoms with Crippen molar-refractivity contribution >= 4 is 22.8 Å². The molecule has 4 aromatic rings. The predicted octanol–water partition coefficient (Wildman–Crippen LogP) is 4.57. The second-order valence-electron chi connectivity index (χ2n) is 11.0. The number of hydrogen-bond donors (Lipinski definition) is 1. The fraction of sp³-hybridized carbons (Fsp3) is 0.444. The summed E-state index contributed by atoms with van der Waals surface area (Å²) >= 11 is 0. The minimum atomic E-state index is -0.483. The first-order chi connectivity index (χ1) is 17.8. The molecule has 37 heavy (non-hydrogen) atoms. The zero-order valence-electron chi connectivity index (χ0n) is 21.6. The van der Waals surface area contributed by atoms with E-state index in [0.29, 0.717) is 6.04 Å². The normalized spacial score (nSPS) is 21.4. The standard InChI is InChI=1S/C27H32N8O2/c1-27(2,3)37-26(36)35-17-6-7-18(35)15-19(14-17)33(4)24-11-9-22(30-31-24)20-8-10-23(34-13-5-12-29-34)21-16-28-32-25(20)21/h5,8-13,16-19H,6-7,14-15H2,1-4H3,(H,28,32)/t17-,18+,19?. The Morgan fingerprint density at radius 3 is 2.54 bits per heavy atom. The van der Waals surface area contributed by atoms with Gasteiger partial charge in [-0.15, -0.1) is 10.2 Å². The van der Waals surface area contributed by atoms with Crippen LogP contribution in [0.1, 0.15) is 46.5 Å². The number of aromatic nitrogens is 6. The molecule has 2 bridgehead atoms. The second kappa shape index (κ2) is 8.86. The second-order valence-corrected chi connectivity index (χ2v) is 11.0. The summed E-state index contributed by atoms with van der Waals surface area (Å²) in [4.78, 5) is 17.0. The van der Waals surface area contributed by atoms with E-state index in [-0.39, 0.29) is 18.2 Å². The zero-order chi connectivity index (χ0) is 25.7. The molecular weight excluding hydrogens is 468 g/mol. The highest BCUT2D eigenvalue weighted by Crippen LogP contribution is 2.39. The number of amides is 1. The average Bonchev–Trinajstić information content (AvgIpc) is 3.62. The number of fused-ring (bicyclic) bond motifs is 3. The van der Waals surface area contributed by atoms with Crippen molar-refractivity contribution in [1.29, 1.82) is 0 Å². The molecule has 3 atom stereocenters. The zero-order valence-corrected chi connectivity index (χ0v) is 21.6. The van der Waals surface area contributed by atoms with Gasteiger partial charge in [-0.05, 0) is 76.8 Å². The number of piperidine rings is 1. The molecule has 6 rings (SSSR count). The largest absolute Gasteiger partial charge is 0.444 e. The van der Waals surface area contributed by atoms with Crippen molar-refractivity contribution in [2.45, 2.75) is 70.2 Å². The van der Waals surface area contributed by atoms with E-state index in [0.717, 1.165) is 59.3 Å². The van der Waals surface area contributed by atoms with Crippen molar-refractivity contribution in [2.75, 3.05) is 11.9 Å². The maximum Gasteiger partial charge on any atom is 0.410 e. The highest BCUT2D eigenvalue weighted by Gasteiger charge is 2.46. The maximum absolute atomic E-state index is 12.8. The fourth-order valence-electron chi connectivity index (χ4n) is 5.77. The summed E-state index contributed by atoms with van der Waals surface area (Å²) in [6.45, 7) is 5.75. The van der Waals surface area contributed by atoms with Crippen LogP contribution in [0.2, 0.25) is 0 Å². The minimum Gasteiger partial charge on any atom is -0.444 e. The minimum absolute atomic E-state index is 0.186. The predicted molar refractivity (Wildman–Crippen MR) is 141 cm³/mol. The summed E-state index contributed by atoms with van der Waals surface area (Å²) in [6.07, 6.45) is 9.14. The summed E-state index contributed by atoms with van der Waals surface area (Å²) in [5, 5.41) is 21.9. The van der Waals surface area contributed by atoms with Gasteiger partial charge in [-0.2, -0.15) is 10.2 Å². The Morgan fingerprint density at radius 1 is 1.11 bits per heavy atom. The Morgan fingerprint density at radius 2 is 1.89 bits per heavy atom. The number of carbonyl (C=O) groups is 1. The highest BCUT2D eigenvalue weighted by atomic mass is 16.6. The smallest absolute Gasteiger partial charge is 0.410 e. The molecule has 0 spiro atoms. The van der Waals surface area contributed by atoms with Gasteiger partial charge in [0, 0.05) is 48.5 Å². The van der Waals surface area contributed by atoms with Crippen LogP contribution in [0.4, 0.5) is 10.6 Å². The van der Waals surface area contributed by atoms with E-state index < -0.39 is 5.60 Å². The summed E-state index contributed by atoms with van der Waals surface area (Å²) in [6, 6.07) is 10.7. The number of anilines is 1. The van der Waals surface area contributed by atoms with Gasteiger partial charge in [0.05, 0.1) is 23.1 Å². The van der Waals surface area contributed by atoms with Gasteiger partial charge in [-0.3, -0.25) is 5.10 Å². The SMILES string of the molecule is CN(c1ccc(-c2ccc(-n3cccn3)c3cn[nH]c23)nn1)C1C[C@H]2CC[C@@H](C1)N2C(=O)OC(C)(C)C. The molecule has 5 heterocycles. The molecule has 0 saturated carbocycles.